The third kappa shape index (κ3) is 2.90. The normalized spacial score (nSPS) is 12.5. The molecule has 20 heavy (non-hydrogen) atoms. The van der Waals surface area contributed by atoms with Gasteiger partial charge in [0.15, 0.2) is 0 Å². The molecule has 0 aliphatic heterocycles. The fraction of sp³-hybridized carbons (Fsp3) is 0.143. The summed E-state index contributed by atoms with van der Waals surface area (Å²) in [6.07, 6.45) is 0. The molecule has 2 aromatic heterocycles. The van der Waals surface area contributed by atoms with Gasteiger partial charge in [-0.25, -0.2) is 0 Å². The Morgan fingerprint density at radius 2 is 2.05 bits per heavy atom. The minimum atomic E-state index is 0.0520. The van der Waals surface area contributed by atoms with E-state index in [1.54, 1.807) is 23.1 Å². The molecule has 0 radical (unpaired) electrons. The molecule has 0 saturated carbocycles. The molecular formula is C14H11ClN2OS2. The van der Waals surface area contributed by atoms with Crippen LogP contribution in [0, 0.1) is 0 Å². The number of hydrogen-bond donors (Lipinski definition) is 0. The van der Waals surface area contributed by atoms with Gasteiger partial charge in [0.05, 0.1) is 15.1 Å². The maximum atomic E-state index is 6.16. The van der Waals surface area contributed by atoms with E-state index in [0.717, 1.165) is 14.8 Å². The highest BCUT2D eigenvalue weighted by atomic mass is 35.5. The minimum Gasteiger partial charge on any atom is -0.419 e. The monoisotopic (exact) mass is 322 g/mol. The maximum absolute atomic E-state index is 6.16. The summed E-state index contributed by atoms with van der Waals surface area (Å²) in [5, 5.41) is 11.0. The van der Waals surface area contributed by atoms with Crippen molar-refractivity contribution in [1.29, 1.82) is 0 Å². The van der Waals surface area contributed by atoms with Crippen LogP contribution in [0.25, 0.3) is 10.8 Å². The van der Waals surface area contributed by atoms with Gasteiger partial charge in [-0.05, 0) is 30.5 Å². The summed E-state index contributed by atoms with van der Waals surface area (Å²) in [6, 6.07) is 11.7. The number of benzene rings is 1. The van der Waals surface area contributed by atoms with Crippen molar-refractivity contribution in [3.05, 3.63) is 52.7 Å². The van der Waals surface area contributed by atoms with E-state index in [2.05, 4.69) is 10.2 Å². The van der Waals surface area contributed by atoms with Crippen LogP contribution in [-0.4, -0.2) is 10.2 Å². The van der Waals surface area contributed by atoms with E-state index in [9.17, 15) is 0 Å². The van der Waals surface area contributed by atoms with Crippen LogP contribution in [0.4, 0.5) is 0 Å². The molecule has 0 aliphatic rings. The predicted octanol–water partition coefficient (Wildman–Crippen LogP) is 5.30. The van der Waals surface area contributed by atoms with Crippen molar-refractivity contribution in [3.63, 3.8) is 0 Å². The van der Waals surface area contributed by atoms with Crippen LogP contribution in [0.15, 0.2) is 51.1 Å². The average molecular weight is 323 g/mol. The van der Waals surface area contributed by atoms with Crippen molar-refractivity contribution < 1.29 is 4.42 Å². The lowest BCUT2D eigenvalue weighted by molar-refractivity contribution is 0.510. The molecular weight excluding hydrogens is 312 g/mol. The topological polar surface area (TPSA) is 38.9 Å². The van der Waals surface area contributed by atoms with Gasteiger partial charge in [-0.1, -0.05) is 29.8 Å². The molecule has 0 aliphatic carbocycles. The second-order valence-corrected chi connectivity index (χ2v) is 6.85. The first-order chi connectivity index (χ1) is 9.74. The van der Waals surface area contributed by atoms with Crippen molar-refractivity contribution in [3.8, 4) is 10.8 Å². The Morgan fingerprint density at radius 3 is 2.80 bits per heavy atom. The summed E-state index contributed by atoms with van der Waals surface area (Å²) in [7, 11) is 0. The van der Waals surface area contributed by atoms with E-state index >= 15 is 0 Å². The number of hydrogen-bond acceptors (Lipinski definition) is 5. The van der Waals surface area contributed by atoms with E-state index in [0.29, 0.717) is 11.8 Å². The number of aromatic nitrogens is 2. The Hall–Kier alpha value is -1.30. The Bertz CT molecular complexity index is 697. The van der Waals surface area contributed by atoms with Crippen molar-refractivity contribution in [2.75, 3.05) is 0 Å². The number of nitrogens with zero attached hydrogens (tertiary/aromatic N) is 2. The molecule has 0 N–H and O–H groups in total. The second-order valence-electron chi connectivity index (χ2n) is 4.11. The first-order valence-electron chi connectivity index (χ1n) is 6.02. The molecule has 3 rings (SSSR count). The summed E-state index contributed by atoms with van der Waals surface area (Å²) in [4.78, 5) is 2.00. The first kappa shape index (κ1) is 13.7. The van der Waals surface area contributed by atoms with Crippen LogP contribution in [0.1, 0.15) is 18.1 Å². The van der Waals surface area contributed by atoms with Crippen molar-refractivity contribution in [2.45, 2.75) is 17.1 Å². The molecule has 0 fully saturated rings. The Balaban J connectivity index is 1.78. The van der Waals surface area contributed by atoms with Gasteiger partial charge in [0, 0.05) is 4.90 Å². The quantitative estimate of drug-likeness (QED) is 0.610. The average Bonchev–Trinajstić information content (AvgIpc) is 3.11. The smallest absolute Gasteiger partial charge is 0.257 e. The summed E-state index contributed by atoms with van der Waals surface area (Å²) in [5.74, 6) is 1.18. The summed E-state index contributed by atoms with van der Waals surface area (Å²) in [5.41, 5.74) is 0. The van der Waals surface area contributed by atoms with Crippen LogP contribution in [0.5, 0.6) is 0 Å². The number of halogens is 1. The fourth-order valence-electron chi connectivity index (χ4n) is 1.68. The largest absolute Gasteiger partial charge is 0.419 e. The molecule has 6 heteroatoms. The highest BCUT2D eigenvalue weighted by Gasteiger charge is 2.17. The van der Waals surface area contributed by atoms with Gasteiger partial charge in [-0.15, -0.1) is 33.3 Å². The van der Waals surface area contributed by atoms with E-state index in [1.807, 2.05) is 48.7 Å². The summed E-state index contributed by atoms with van der Waals surface area (Å²) >= 11 is 9.35. The van der Waals surface area contributed by atoms with Crippen molar-refractivity contribution in [2.24, 2.45) is 0 Å². The lowest BCUT2D eigenvalue weighted by atomic mass is 10.4. The number of rotatable bonds is 4. The first-order valence-corrected chi connectivity index (χ1v) is 8.16. The van der Waals surface area contributed by atoms with Gasteiger partial charge in [-0.3, -0.25) is 0 Å². The van der Waals surface area contributed by atoms with Gasteiger partial charge in [0.1, 0.15) is 0 Å². The van der Waals surface area contributed by atoms with Gasteiger partial charge in [0.25, 0.3) is 5.89 Å². The van der Waals surface area contributed by atoms with Crippen LogP contribution in [-0.2, 0) is 0 Å². The molecule has 1 atom stereocenters. The lowest BCUT2D eigenvalue weighted by Crippen LogP contribution is -1.88. The molecule has 3 aromatic rings. The molecule has 2 heterocycles. The Labute approximate surface area is 130 Å². The minimum absolute atomic E-state index is 0.0520. The maximum Gasteiger partial charge on any atom is 0.257 e. The third-order valence-corrected chi connectivity index (χ3v) is 5.13. The number of thioether (sulfide) groups is 1. The predicted molar refractivity (Wildman–Crippen MR) is 83.3 cm³/mol. The highest BCUT2D eigenvalue weighted by molar-refractivity contribution is 7.99. The van der Waals surface area contributed by atoms with Crippen LogP contribution in [0.2, 0.25) is 5.02 Å². The summed E-state index contributed by atoms with van der Waals surface area (Å²) < 4.78 is 5.73. The van der Waals surface area contributed by atoms with E-state index < -0.39 is 0 Å². The van der Waals surface area contributed by atoms with E-state index in [-0.39, 0.29) is 5.25 Å². The lowest BCUT2D eigenvalue weighted by Gasteiger charge is -2.07. The van der Waals surface area contributed by atoms with Crippen molar-refractivity contribution in [1.82, 2.24) is 10.2 Å². The Kier molecular flexibility index (Phi) is 4.10. The third-order valence-electron chi connectivity index (χ3n) is 2.66. The number of thiophene rings is 1. The molecule has 0 amide bonds. The SMILES string of the molecule is C[C@@H](Sc1ccccc1Cl)c1nnc(-c2cccs2)o1. The zero-order valence-electron chi connectivity index (χ0n) is 10.6. The fourth-order valence-corrected chi connectivity index (χ4v) is 3.51. The zero-order valence-corrected chi connectivity index (χ0v) is 13.0. The second kappa shape index (κ2) is 5.99. The molecule has 1 aromatic carbocycles. The van der Waals surface area contributed by atoms with Crippen LogP contribution < -0.4 is 0 Å². The zero-order chi connectivity index (χ0) is 13.9. The van der Waals surface area contributed by atoms with Gasteiger partial charge in [-0.2, -0.15) is 0 Å². The van der Waals surface area contributed by atoms with E-state index in [4.69, 9.17) is 16.0 Å². The molecule has 0 spiro atoms. The van der Waals surface area contributed by atoms with Crippen molar-refractivity contribution >= 4 is 34.7 Å². The highest BCUT2D eigenvalue weighted by Crippen LogP contribution is 2.38. The molecule has 0 bridgehead atoms. The van der Waals surface area contributed by atoms with Gasteiger partial charge < -0.3 is 4.42 Å². The molecule has 0 saturated heterocycles. The van der Waals surface area contributed by atoms with Gasteiger partial charge in [0.2, 0.25) is 5.89 Å². The Morgan fingerprint density at radius 1 is 1.20 bits per heavy atom. The molecule has 0 unspecified atom stereocenters. The van der Waals surface area contributed by atoms with Crippen LogP contribution >= 0.6 is 34.7 Å². The van der Waals surface area contributed by atoms with Crippen LogP contribution in [0.3, 0.4) is 0 Å². The molecule has 3 nitrogen and oxygen atoms in total. The van der Waals surface area contributed by atoms with Gasteiger partial charge >= 0.3 is 0 Å². The summed E-state index contributed by atoms with van der Waals surface area (Å²) in [6.45, 7) is 2.03. The molecule has 102 valence electrons. The van der Waals surface area contributed by atoms with E-state index in [1.165, 1.54) is 0 Å². The standard InChI is InChI=1S/C14H11ClN2OS2/c1-9(20-11-6-3-2-5-10(11)15)13-16-17-14(18-13)12-7-4-8-19-12/h2-9H,1H3/t9-/m1/s1.